The van der Waals surface area contributed by atoms with Crippen LogP contribution in [0.25, 0.3) is 0 Å². The van der Waals surface area contributed by atoms with E-state index in [2.05, 4.69) is 6.08 Å². The first-order valence-electron chi connectivity index (χ1n) is 4.03. The van der Waals surface area contributed by atoms with Crippen LogP contribution in [-0.4, -0.2) is 11.0 Å². The quantitative estimate of drug-likeness (QED) is 0.327. The van der Waals surface area contributed by atoms with Crippen LogP contribution in [0.5, 0.6) is 0 Å². The maximum atomic E-state index is 10.4. The van der Waals surface area contributed by atoms with Crippen LogP contribution in [0.15, 0.2) is 12.2 Å². The number of hydrogen-bond donors (Lipinski definition) is 0. The molecule has 11 heavy (non-hydrogen) atoms. The van der Waals surface area contributed by atoms with Crippen LogP contribution in [0.1, 0.15) is 25.7 Å². The van der Waals surface area contributed by atoms with Gasteiger partial charge in [-0.15, -0.1) is 0 Å². The zero-order chi connectivity index (χ0) is 7.90. The third kappa shape index (κ3) is 1.15. The number of allylic oxidation sites excluding steroid dienone is 1. The van der Waals surface area contributed by atoms with Gasteiger partial charge in [0.1, 0.15) is 0 Å². The van der Waals surface area contributed by atoms with Crippen molar-refractivity contribution in [2.75, 3.05) is 0 Å². The van der Waals surface area contributed by atoms with Crippen LogP contribution < -0.4 is 0 Å². The van der Waals surface area contributed by atoms with Crippen molar-refractivity contribution in [2.45, 2.75) is 31.7 Å². The molecule has 0 saturated heterocycles. The molecular weight excluding hydrogens is 142 g/mol. The lowest BCUT2D eigenvalue weighted by atomic mass is 9.90. The molecule has 0 aromatic heterocycles. The largest absolute Gasteiger partial charge is 0.264 e. The molecule has 2 aliphatic carbocycles. The van der Waals surface area contributed by atoms with Crippen molar-refractivity contribution in [2.24, 2.45) is 5.41 Å². The molecule has 1 fully saturated rings. The van der Waals surface area contributed by atoms with Crippen molar-refractivity contribution in [3.63, 3.8) is 0 Å². The summed E-state index contributed by atoms with van der Waals surface area (Å²) < 4.78 is 0. The second-order valence-corrected chi connectivity index (χ2v) is 3.64. The second-order valence-electron chi connectivity index (χ2n) is 3.64. The molecule has 0 aromatic carbocycles. The highest BCUT2D eigenvalue weighted by Crippen LogP contribution is 2.53. The Balaban J connectivity index is 2.08. The number of hydrogen-bond acceptors (Lipinski definition) is 2. The highest BCUT2D eigenvalue weighted by molar-refractivity contribution is 5.13. The van der Waals surface area contributed by atoms with Gasteiger partial charge < -0.3 is 0 Å². The fourth-order valence-corrected chi connectivity index (χ4v) is 1.79. The smallest absolute Gasteiger partial charge is 0.217 e. The third-order valence-corrected chi connectivity index (χ3v) is 2.71. The van der Waals surface area contributed by atoms with Crippen LogP contribution in [0.4, 0.5) is 0 Å². The van der Waals surface area contributed by atoms with E-state index in [0.29, 0.717) is 6.42 Å². The lowest BCUT2D eigenvalue weighted by Gasteiger charge is -2.17. The van der Waals surface area contributed by atoms with Crippen LogP contribution in [-0.2, 0) is 0 Å². The minimum absolute atomic E-state index is 0.135. The molecule has 0 N–H and O–H groups in total. The summed E-state index contributed by atoms with van der Waals surface area (Å²) in [7, 11) is 0. The van der Waals surface area contributed by atoms with Crippen LogP contribution in [0.3, 0.4) is 0 Å². The van der Waals surface area contributed by atoms with Gasteiger partial charge in [-0.3, -0.25) is 10.1 Å². The number of nitrogens with zero attached hydrogens (tertiary/aromatic N) is 1. The molecule has 1 atom stereocenters. The van der Waals surface area contributed by atoms with Gasteiger partial charge >= 0.3 is 0 Å². The summed E-state index contributed by atoms with van der Waals surface area (Å²) in [4.78, 5) is 10.3. The van der Waals surface area contributed by atoms with E-state index >= 15 is 0 Å². The Morgan fingerprint density at radius 3 is 2.82 bits per heavy atom. The molecule has 0 aliphatic heterocycles. The molecule has 0 heterocycles. The monoisotopic (exact) mass is 153 g/mol. The van der Waals surface area contributed by atoms with E-state index in [0.717, 1.165) is 19.3 Å². The molecule has 1 spiro atoms. The Bertz CT molecular complexity index is 218. The minimum atomic E-state index is -0.303. The van der Waals surface area contributed by atoms with Gasteiger partial charge in [-0.25, -0.2) is 0 Å². The van der Waals surface area contributed by atoms with Gasteiger partial charge in [0.25, 0.3) is 0 Å². The van der Waals surface area contributed by atoms with Crippen LogP contribution >= 0.6 is 0 Å². The molecule has 3 heteroatoms. The first kappa shape index (κ1) is 6.83. The van der Waals surface area contributed by atoms with Gasteiger partial charge in [0.2, 0.25) is 6.04 Å². The van der Waals surface area contributed by atoms with Gasteiger partial charge in [0.15, 0.2) is 0 Å². The van der Waals surface area contributed by atoms with Crippen molar-refractivity contribution in [3.8, 4) is 0 Å². The Morgan fingerprint density at radius 1 is 1.55 bits per heavy atom. The molecule has 60 valence electrons. The highest BCUT2D eigenvalue weighted by Gasteiger charge is 2.46. The van der Waals surface area contributed by atoms with Gasteiger partial charge in [0.05, 0.1) is 0 Å². The standard InChI is InChI=1S/C8H11NO2/c10-9(11)7-2-1-3-8(6-7)4-5-8/h1,3,7H,2,4-6H2. The first-order chi connectivity index (χ1) is 5.22. The average Bonchev–Trinajstić information content (AvgIpc) is 2.69. The van der Waals surface area contributed by atoms with Crippen molar-refractivity contribution in [1.29, 1.82) is 0 Å². The summed E-state index contributed by atoms with van der Waals surface area (Å²) >= 11 is 0. The molecule has 0 aromatic rings. The summed E-state index contributed by atoms with van der Waals surface area (Å²) in [6.07, 6.45) is 7.88. The number of rotatable bonds is 1. The second kappa shape index (κ2) is 2.06. The topological polar surface area (TPSA) is 43.1 Å². The summed E-state index contributed by atoms with van der Waals surface area (Å²) in [5.74, 6) is 0. The molecule has 1 saturated carbocycles. The van der Waals surface area contributed by atoms with E-state index in [-0.39, 0.29) is 16.4 Å². The minimum Gasteiger partial charge on any atom is -0.264 e. The normalized spacial score (nSPS) is 32.2. The molecule has 3 nitrogen and oxygen atoms in total. The lowest BCUT2D eigenvalue weighted by Crippen LogP contribution is -2.25. The highest BCUT2D eigenvalue weighted by atomic mass is 16.6. The summed E-state index contributed by atoms with van der Waals surface area (Å²) in [6.45, 7) is 0. The predicted molar refractivity (Wildman–Crippen MR) is 40.8 cm³/mol. The maximum Gasteiger partial charge on any atom is 0.217 e. The average molecular weight is 153 g/mol. The van der Waals surface area contributed by atoms with Crippen molar-refractivity contribution >= 4 is 0 Å². The van der Waals surface area contributed by atoms with E-state index < -0.39 is 0 Å². The fraction of sp³-hybridized carbons (Fsp3) is 0.750. The summed E-state index contributed by atoms with van der Waals surface area (Å²) in [5, 5.41) is 10.4. The van der Waals surface area contributed by atoms with Crippen molar-refractivity contribution < 1.29 is 4.92 Å². The molecule has 0 amide bonds. The van der Waals surface area contributed by atoms with Crippen molar-refractivity contribution in [1.82, 2.24) is 0 Å². The molecule has 2 rings (SSSR count). The van der Waals surface area contributed by atoms with Gasteiger partial charge in [-0.2, -0.15) is 0 Å². The zero-order valence-electron chi connectivity index (χ0n) is 6.32. The molecule has 0 bridgehead atoms. The van der Waals surface area contributed by atoms with E-state index in [1.165, 1.54) is 0 Å². The molecule has 2 aliphatic rings. The lowest BCUT2D eigenvalue weighted by molar-refractivity contribution is -0.524. The number of nitro groups is 1. The zero-order valence-corrected chi connectivity index (χ0v) is 6.32. The van der Waals surface area contributed by atoms with E-state index in [4.69, 9.17) is 0 Å². The Labute approximate surface area is 65.2 Å². The van der Waals surface area contributed by atoms with E-state index in [1.807, 2.05) is 6.08 Å². The van der Waals surface area contributed by atoms with Gasteiger partial charge in [0, 0.05) is 17.8 Å². The summed E-state index contributed by atoms with van der Waals surface area (Å²) in [5.41, 5.74) is 0.260. The Hall–Kier alpha value is -0.860. The van der Waals surface area contributed by atoms with E-state index in [9.17, 15) is 10.1 Å². The molecule has 0 radical (unpaired) electrons. The van der Waals surface area contributed by atoms with Crippen LogP contribution in [0, 0.1) is 15.5 Å². The molecule has 1 unspecified atom stereocenters. The fourth-order valence-electron chi connectivity index (χ4n) is 1.79. The van der Waals surface area contributed by atoms with Crippen molar-refractivity contribution in [3.05, 3.63) is 22.3 Å². The predicted octanol–water partition coefficient (Wildman–Crippen LogP) is 1.76. The van der Waals surface area contributed by atoms with Crippen LogP contribution in [0.2, 0.25) is 0 Å². The Morgan fingerprint density at radius 2 is 2.27 bits per heavy atom. The SMILES string of the molecule is O=[N+]([O-])C1CC=CC2(CC2)C1. The third-order valence-electron chi connectivity index (χ3n) is 2.71. The summed E-state index contributed by atoms with van der Waals surface area (Å²) in [6, 6.07) is -0.303. The van der Waals surface area contributed by atoms with Gasteiger partial charge in [-0.1, -0.05) is 12.2 Å². The first-order valence-corrected chi connectivity index (χ1v) is 4.03. The maximum absolute atomic E-state index is 10.4. The Kier molecular flexibility index (Phi) is 1.28. The van der Waals surface area contributed by atoms with Gasteiger partial charge in [-0.05, 0) is 18.3 Å². The van der Waals surface area contributed by atoms with E-state index in [1.54, 1.807) is 0 Å². The molecular formula is C8H11NO2.